The fourth-order valence-electron chi connectivity index (χ4n) is 3.03. The molecule has 1 spiro atoms. The van der Waals surface area contributed by atoms with Gasteiger partial charge in [-0.05, 0) is 18.8 Å². The number of amides is 1. The smallest absolute Gasteiger partial charge is 0.254 e. The van der Waals surface area contributed by atoms with E-state index >= 15 is 0 Å². The van der Waals surface area contributed by atoms with Gasteiger partial charge in [-0.15, -0.1) is 0 Å². The zero-order chi connectivity index (χ0) is 14.9. The summed E-state index contributed by atoms with van der Waals surface area (Å²) in [5, 5.41) is 6.88. The third-order valence-electron chi connectivity index (χ3n) is 4.41. The Bertz CT molecular complexity index is 506. The van der Waals surface area contributed by atoms with Gasteiger partial charge in [-0.1, -0.05) is 6.92 Å². The molecule has 2 fully saturated rings. The third kappa shape index (κ3) is 3.27. The topological polar surface area (TPSA) is 65.4 Å². The Labute approximate surface area is 124 Å². The zero-order valence-electron chi connectivity index (χ0n) is 12.7. The van der Waals surface area contributed by atoms with Crippen molar-refractivity contribution in [3.63, 3.8) is 0 Å². The fraction of sp³-hybridized carbons (Fsp3) is 0.733. The highest BCUT2D eigenvalue weighted by atomic mass is 16.7. The van der Waals surface area contributed by atoms with Gasteiger partial charge < -0.3 is 14.8 Å². The summed E-state index contributed by atoms with van der Waals surface area (Å²) in [7, 11) is 1.79. The summed E-state index contributed by atoms with van der Waals surface area (Å²) in [5.41, 5.74) is 0.567. The molecule has 1 saturated carbocycles. The van der Waals surface area contributed by atoms with E-state index in [2.05, 4.69) is 17.3 Å². The van der Waals surface area contributed by atoms with E-state index in [-0.39, 0.29) is 12.0 Å². The molecule has 1 aliphatic carbocycles. The van der Waals surface area contributed by atoms with E-state index in [1.54, 1.807) is 24.1 Å². The van der Waals surface area contributed by atoms with E-state index in [1.165, 1.54) is 0 Å². The summed E-state index contributed by atoms with van der Waals surface area (Å²) in [5.74, 6) is 0.244. The van der Waals surface area contributed by atoms with Gasteiger partial charge in [0.15, 0.2) is 5.79 Å². The molecule has 0 bridgehead atoms. The number of nitrogens with one attached hydrogen (secondary N) is 1. The molecule has 2 heterocycles. The van der Waals surface area contributed by atoms with Crippen LogP contribution in [0.5, 0.6) is 0 Å². The number of hydrogen-bond donors (Lipinski definition) is 1. The Morgan fingerprint density at radius 3 is 2.95 bits per heavy atom. The SMILES string of the molecule is CC1CCC2(CC1)OC[C@H](CNC(=O)c1cnn(C)c1)O2. The van der Waals surface area contributed by atoms with Crippen molar-refractivity contribution < 1.29 is 14.3 Å². The Kier molecular flexibility index (Phi) is 3.99. The lowest BCUT2D eigenvalue weighted by molar-refractivity contribution is -0.191. The molecule has 0 unspecified atom stereocenters. The van der Waals surface area contributed by atoms with Crippen LogP contribution in [0.2, 0.25) is 0 Å². The van der Waals surface area contributed by atoms with Gasteiger partial charge in [-0.3, -0.25) is 9.48 Å². The number of rotatable bonds is 3. The number of hydrogen-bond acceptors (Lipinski definition) is 4. The molecule has 2 aliphatic rings. The maximum atomic E-state index is 12.0. The molecular formula is C15H23N3O3. The molecule has 1 saturated heterocycles. The van der Waals surface area contributed by atoms with Crippen molar-refractivity contribution >= 4 is 5.91 Å². The summed E-state index contributed by atoms with van der Waals surface area (Å²) in [6.45, 7) is 3.31. The van der Waals surface area contributed by atoms with Gasteiger partial charge in [0, 0.05) is 32.6 Å². The summed E-state index contributed by atoms with van der Waals surface area (Å²) < 4.78 is 13.6. The van der Waals surface area contributed by atoms with E-state index in [1.807, 2.05) is 0 Å². The molecular weight excluding hydrogens is 270 g/mol. The van der Waals surface area contributed by atoms with Crippen LogP contribution in [-0.4, -0.2) is 40.7 Å². The molecule has 0 aromatic carbocycles. The van der Waals surface area contributed by atoms with Crippen LogP contribution in [0.25, 0.3) is 0 Å². The molecule has 116 valence electrons. The van der Waals surface area contributed by atoms with Crippen molar-refractivity contribution in [1.82, 2.24) is 15.1 Å². The van der Waals surface area contributed by atoms with Crippen LogP contribution in [0.4, 0.5) is 0 Å². The summed E-state index contributed by atoms with van der Waals surface area (Å²) >= 11 is 0. The van der Waals surface area contributed by atoms with Crippen molar-refractivity contribution in [2.24, 2.45) is 13.0 Å². The van der Waals surface area contributed by atoms with Crippen molar-refractivity contribution in [1.29, 1.82) is 0 Å². The molecule has 6 nitrogen and oxygen atoms in total. The fourth-order valence-corrected chi connectivity index (χ4v) is 3.03. The van der Waals surface area contributed by atoms with Crippen molar-refractivity contribution in [3.8, 4) is 0 Å². The van der Waals surface area contributed by atoms with E-state index in [4.69, 9.17) is 9.47 Å². The number of carbonyl (C=O) groups excluding carboxylic acids is 1. The van der Waals surface area contributed by atoms with E-state index < -0.39 is 5.79 Å². The standard InChI is InChI=1S/C15H23N3O3/c1-11-3-5-15(6-4-11)20-10-13(21-15)8-16-14(19)12-7-17-18(2)9-12/h7,9,11,13H,3-6,8,10H2,1-2H3,(H,16,19)/t11?,13-,15?/m0/s1. The maximum absolute atomic E-state index is 12.0. The van der Waals surface area contributed by atoms with Gasteiger partial charge in [0.25, 0.3) is 5.91 Å². The Morgan fingerprint density at radius 2 is 2.29 bits per heavy atom. The van der Waals surface area contributed by atoms with Crippen LogP contribution in [0.3, 0.4) is 0 Å². The zero-order valence-corrected chi connectivity index (χ0v) is 12.7. The second-order valence-electron chi connectivity index (χ2n) is 6.26. The normalized spacial score (nSPS) is 32.5. The molecule has 6 heteroatoms. The first-order valence-electron chi connectivity index (χ1n) is 7.65. The number of aryl methyl sites for hydroxylation is 1. The number of nitrogens with zero attached hydrogens (tertiary/aromatic N) is 2. The van der Waals surface area contributed by atoms with Crippen LogP contribution in [-0.2, 0) is 16.5 Å². The van der Waals surface area contributed by atoms with Gasteiger partial charge in [-0.25, -0.2) is 0 Å². The Morgan fingerprint density at radius 1 is 1.52 bits per heavy atom. The van der Waals surface area contributed by atoms with Gasteiger partial charge in [0.2, 0.25) is 0 Å². The van der Waals surface area contributed by atoms with Gasteiger partial charge in [-0.2, -0.15) is 5.10 Å². The molecule has 1 aliphatic heterocycles. The van der Waals surface area contributed by atoms with Crippen molar-refractivity contribution in [2.75, 3.05) is 13.2 Å². The molecule has 21 heavy (non-hydrogen) atoms. The van der Waals surface area contributed by atoms with Gasteiger partial charge in [0.05, 0.1) is 18.4 Å². The average molecular weight is 293 g/mol. The summed E-state index contributed by atoms with van der Waals surface area (Å²) in [6, 6.07) is 0. The molecule has 1 amide bonds. The second kappa shape index (κ2) is 5.77. The first kappa shape index (κ1) is 14.5. The number of ether oxygens (including phenoxy) is 2. The minimum atomic E-state index is -0.393. The van der Waals surface area contributed by atoms with Crippen LogP contribution in [0.1, 0.15) is 43.0 Å². The van der Waals surface area contributed by atoms with Crippen LogP contribution in [0.15, 0.2) is 12.4 Å². The third-order valence-corrected chi connectivity index (χ3v) is 4.41. The highest BCUT2D eigenvalue weighted by molar-refractivity contribution is 5.93. The highest BCUT2D eigenvalue weighted by Gasteiger charge is 2.43. The quantitative estimate of drug-likeness (QED) is 0.916. The lowest BCUT2D eigenvalue weighted by Gasteiger charge is -2.34. The predicted molar refractivity (Wildman–Crippen MR) is 76.7 cm³/mol. The summed E-state index contributed by atoms with van der Waals surface area (Å²) in [6.07, 6.45) is 7.42. The molecule has 1 N–H and O–H groups in total. The predicted octanol–water partition coefficient (Wildman–Crippen LogP) is 1.47. The first-order valence-corrected chi connectivity index (χ1v) is 7.65. The maximum Gasteiger partial charge on any atom is 0.254 e. The number of aromatic nitrogens is 2. The molecule has 3 rings (SSSR count). The minimum absolute atomic E-state index is 0.0565. The van der Waals surface area contributed by atoms with E-state index in [0.29, 0.717) is 18.7 Å². The summed E-state index contributed by atoms with van der Waals surface area (Å²) in [4.78, 5) is 12.0. The highest BCUT2D eigenvalue weighted by Crippen LogP contribution is 2.39. The second-order valence-corrected chi connectivity index (χ2v) is 6.26. The molecule has 1 aromatic heterocycles. The van der Waals surface area contributed by atoms with Crippen LogP contribution >= 0.6 is 0 Å². The Balaban J connectivity index is 1.48. The van der Waals surface area contributed by atoms with Crippen LogP contribution < -0.4 is 5.32 Å². The minimum Gasteiger partial charge on any atom is -0.349 e. The average Bonchev–Trinajstić information content (AvgIpc) is 3.07. The first-order chi connectivity index (χ1) is 10.1. The monoisotopic (exact) mass is 293 g/mol. The van der Waals surface area contributed by atoms with Crippen molar-refractivity contribution in [3.05, 3.63) is 18.0 Å². The number of carbonyl (C=O) groups is 1. The van der Waals surface area contributed by atoms with Crippen LogP contribution in [0, 0.1) is 5.92 Å². The van der Waals surface area contributed by atoms with E-state index in [0.717, 1.165) is 31.6 Å². The van der Waals surface area contributed by atoms with Gasteiger partial charge in [0.1, 0.15) is 6.10 Å². The molecule has 1 atom stereocenters. The molecule has 1 aromatic rings. The lowest BCUT2D eigenvalue weighted by Crippen LogP contribution is -2.38. The Hall–Kier alpha value is -1.40. The molecule has 0 radical (unpaired) electrons. The largest absolute Gasteiger partial charge is 0.349 e. The lowest BCUT2D eigenvalue weighted by atomic mass is 9.86. The van der Waals surface area contributed by atoms with Crippen molar-refractivity contribution in [2.45, 2.75) is 44.5 Å². The van der Waals surface area contributed by atoms with Gasteiger partial charge >= 0.3 is 0 Å². The van der Waals surface area contributed by atoms with E-state index in [9.17, 15) is 4.79 Å².